The maximum Gasteiger partial charge on any atom is 0.248 e. The molecule has 3 aliphatic carbocycles. The number of hydrogen-bond donors (Lipinski definition) is 1. The second kappa shape index (κ2) is 4.93. The molecular weight excluding hydrogens is 286 g/mol. The molecule has 0 aromatic heterocycles. The lowest BCUT2D eigenvalue weighted by Gasteiger charge is -2.48. The molecule has 2 fully saturated rings. The van der Waals surface area contributed by atoms with Gasteiger partial charge in [0.15, 0.2) is 0 Å². The number of nitrogens with two attached hydrogens (primary N) is 1. The van der Waals surface area contributed by atoms with Gasteiger partial charge in [0.1, 0.15) is 5.78 Å². The van der Waals surface area contributed by atoms with E-state index in [0.717, 1.165) is 44.1 Å². The summed E-state index contributed by atoms with van der Waals surface area (Å²) in [6, 6.07) is 4.22. The van der Waals surface area contributed by atoms with Crippen LogP contribution in [-0.4, -0.2) is 11.7 Å². The zero-order chi connectivity index (χ0) is 16.4. The van der Waals surface area contributed by atoms with Crippen LogP contribution in [0.3, 0.4) is 0 Å². The van der Waals surface area contributed by atoms with Gasteiger partial charge in [-0.25, -0.2) is 0 Å². The first-order chi connectivity index (χ1) is 10.9. The number of carbonyl (C=O) groups excluding carboxylic acids is 2. The van der Waals surface area contributed by atoms with Crippen LogP contribution in [0.15, 0.2) is 12.1 Å². The van der Waals surface area contributed by atoms with E-state index >= 15 is 0 Å². The van der Waals surface area contributed by atoms with Crippen molar-refractivity contribution in [2.75, 3.05) is 0 Å². The summed E-state index contributed by atoms with van der Waals surface area (Å²) in [6.07, 6.45) is 6.13. The summed E-state index contributed by atoms with van der Waals surface area (Å²) in [5, 5.41) is 0. The minimum atomic E-state index is -0.329. The smallest absolute Gasteiger partial charge is 0.248 e. The van der Waals surface area contributed by atoms with Crippen LogP contribution in [0.1, 0.15) is 72.0 Å². The highest BCUT2D eigenvalue weighted by Crippen LogP contribution is 2.59. The normalized spacial score (nSPS) is 35.4. The third kappa shape index (κ3) is 2.02. The van der Waals surface area contributed by atoms with Crippen LogP contribution < -0.4 is 5.73 Å². The van der Waals surface area contributed by atoms with E-state index in [9.17, 15) is 9.59 Å². The van der Waals surface area contributed by atoms with Crippen molar-refractivity contribution >= 4 is 11.7 Å². The van der Waals surface area contributed by atoms with E-state index < -0.39 is 0 Å². The van der Waals surface area contributed by atoms with E-state index in [-0.39, 0.29) is 11.3 Å². The second-order valence-corrected chi connectivity index (χ2v) is 8.06. The maximum absolute atomic E-state index is 12.4. The van der Waals surface area contributed by atoms with E-state index in [4.69, 9.17) is 5.73 Å². The van der Waals surface area contributed by atoms with Crippen LogP contribution in [0.5, 0.6) is 0 Å². The topological polar surface area (TPSA) is 60.2 Å². The van der Waals surface area contributed by atoms with E-state index in [1.807, 2.05) is 13.0 Å². The molecule has 122 valence electrons. The molecular formula is C20H25NO2. The second-order valence-electron chi connectivity index (χ2n) is 8.06. The lowest BCUT2D eigenvalue weighted by molar-refractivity contribution is -0.129. The van der Waals surface area contributed by atoms with Crippen molar-refractivity contribution in [3.63, 3.8) is 0 Å². The monoisotopic (exact) mass is 311 g/mol. The molecule has 1 aromatic rings. The Bertz CT molecular complexity index is 708. The Morgan fingerprint density at radius 1 is 1.22 bits per heavy atom. The Morgan fingerprint density at radius 2 is 2.00 bits per heavy atom. The molecule has 4 rings (SSSR count). The maximum atomic E-state index is 12.4. The van der Waals surface area contributed by atoms with Gasteiger partial charge in [-0.1, -0.05) is 13.0 Å². The van der Waals surface area contributed by atoms with Gasteiger partial charge in [-0.2, -0.15) is 0 Å². The van der Waals surface area contributed by atoms with Gasteiger partial charge < -0.3 is 5.73 Å². The minimum Gasteiger partial charge on any atom is -0.366 e. The molecule has 23 heavy (non-hydrogen) atoms. The number of benzene rings is 1. The number of primary amides is 1. The van der Waals surface area contributed by atoms with Crippen molar-refractivity contribution in [3.8, 4) is 0 Å². The Morgan fingerprint density at radius 3 is 2.74 bits per heavy atom. The number of carbonyl (C=O) groups is 2. The fourth-order valence-electron chi connectivity index (χ4n) is 5.77. The molecule has 0 heterocycles. The zero-order valence-corrected chi connectivity index (χ0v) is 14.0. The number of amides is 1. The van der Waals surface area contributed by atoms with Crippen LogP contribution >= 0.6 is 0 Å². The lowest BCUT2D eigenvalue weighted by atomic mass is 9.55. The standard InChI is InChI=1S/C20H25NO2/c1-11-9-16-12(10-15(11)19(21)23)3-4-14-13(16)7-8-20(2)17(14)5-6-18(20)22/h9-10,13-14,17H,3-8H2,1-2H3,(H2,21,23)/t13?,14?,17?,20-/m0/s1. The largest absolute Gasteiger partial charge is 0.366 e. The first-order valence-electron chi connectivity index (χ1n) is 8.88. The lowest BCUT2D eigenvalue weighted by Crippen LogP contribution is -2.42. The summed E-state index contributed by atoms with van der Waals surface area (Å²) in [5.41, 5.74) is 9.82. The number of hydrogen-bond acceptors (Lipinski definition) is 2. The van der Waals surface area contributed by atoms with Crippen molar-refractivity contribution in [1.82, 2.24) is 0 Å². The molecule has 3 aliphatic rings. The molecule has 0 spiro atoms. The summed E-state index contributed by atoms with van der Waals surface area (Å²) in [5.74, 6) is 1.91. The number of rotatable bonds is 1. The summed E-state index contributed by atoms with van der Waals surface area (Å²) in [7, 11) is 0. The molecule has 1 amide bonds. The molecule has 0 radical (unpaired) electrons. The van der Waals surface area contributed by atoms with Crippen molar-refractivity contribution < 1.29 is 9.59 Å². The van der Waals surface area contributed by atoms with Gasteiger partial charge >= 0.3 is 0 Å². The van der Waals surface area contributed by atoms with Crippen molar-refractivity contribution in [1.29, 1.82) is 0 Å². The Balaban J connectivity index is 1.74. The van der Waals surface area contributed by atoms with Crippen LogP contribution in [-0.2, 0) is 11.2 Å². The van der Waals surface area contributed by atoms with Crippen molar-refractivity contribution in [3.05, 3.63) is 34.4 Å². The van der Waals surface area contributed by atoms with Gasteiger partial charge in [0.2, 0.25) is 5.91 Å². The molecule has 2 N–H and O–H groups in total. The highest BCUT2D eigenvalue weighted by Gasteiger charge is 2.54. The van der Waals surface area contributed by atoms with Gasteiger partial charge in [0, 0.05) is 17.4 Å². The van der Waals surface area contributed by atoms with Gasteiger partial charge in [-0.15, -0.1) is 0 Å². The first-order valence-corrected chi connectivity index (χ1v) is 8.88. The summed E-state index contributed by atoms with van der Waals surface area (Å²) >= 11 is 0. The Labute approximate surface area is 137 Å². The molecule has 3 unspecified atom stereocenters. The fourth-order valence-corrected chi connectivity index (χ4v) is 5.77. The number of Topliss-reactive ketones (excluding diaryl/α,β-unsaturated/α-hetero) is 1. The average Bonchev–Trinajstić information content (AvgIpc) is 2.82. The molecule has 3 heteroatoms. The van der Waals surface area contributed by atoms with Gasteiger partial charge in [0.25, 0.3) is 0 Å². The number of ketones is 1. The SMILES string of the molecule is Cc1cc2c(cc1C(N)=O)CCC1C2CC[C@]2(C)C(=O)CCC12. The van der Waals surface area contributed by atoms with Gasteiger partial charge in [0.05, 0.1) is 0 Å². The Hall–Kier alpha value is -1.64. The number of aryl methyl sites for hydroxylation is 2. The highest BCUT2D eigenvalue weighted by molar-refractivity contribution is 5.94. The molecule has 2 saturated carbocycles. The minimum absolute atomic E-state index is 0.0686. The zero-order valence-electron chi connectivity index (χ0n) is 14.0. The van der Waals surface area contributed by atoms with Gasteiger partial charge in [-0.3, -0.25) is 9.59 Å². The predicted molar refractivity (Wildman–Crippen MR) is 89.3 cm³/mol. The van der Waals surface area contributed by atoms with Crippen LogP contribution in [0.4, 0.5) is 0 Å². The van der Waals surface area contributed by atoms with E-state index in [1.54, 1.807) is 0 Å². The van der Waals surface area contributed by atoms with E-state index in [2.05, 4.69) is 13.0 Å². The highest BCUT2D eigenvalue weighted by atomic mass is 16.1. The van der Waals surface area contributed by atoms with Crippen LogP contribution in [0, 0.1) is 24.2 Å². The molecule has 0 saturated heterocycles. The Kier molecular flexibility index (Phi) is 3.20. The predicted octanol–water partition coefficient (Wildman–Crippen LogP) is 3.52. The van der Waals surface area contributed by atoms with E-state index in [1.165, 1.54) is 11.1 Å². The molecule has 0 bridgehead atoms. The number of fused-ring (bicyclic) bond motifs is 5. The quantitative estimate of drug-likeness (QED) is 0.862. The average molecular weight is 311 g/mol. The molecule has 3 nitrogen and oxygen atoms in total. The molecule has 0 aliphatic heterocycles. The molecule has 1 aromatic carbocycles. The summed E-state index contributed by atoms with van der Waals surface area (Å²) in [6.45, 7) is 4.19. The van der Waals surface area contributed by atoms with E-state index in [0.29, 0.717) is 29.1 Å². The first kappa shape index (κ1) is 14.9. The van der Waals surface area contributed by atoms with Crippen LogP contribution in [0.25, 0.3) is 0 Å². The fraction of sp³-hybridized carbons (Fsp3) is 0.600. The van der Waals surface area contributed by atoms with Crippen LogP contribution in [0.2, 0.25) is 0 Å². The summed E-state index contributed by atoms with van der Waals surface area (Å²) < 4.78 is 0. The molecule has 4 atom stereocenters. The summed E-state index contributed by atoms with van der Waals surface area (Å²) in [4.78, 5) is 24.0. The van der Waals surface area contributed by atoms with Gasteiger partial charge in [-0.05, 0) is 79.5 Å². The third-order valence-electron chi connectivity index (χ3n) is 7.04. The van der Waals surface area contributed by atoms with Crippen molar-refractivity contribution in [2.45, 2.75) is 58.3 Å². The third-order valence-corrected chi connectivity index (χ3v) is 7.04. The van der Waals surface area contributed by atoms with Crippen molar-refractivity contribution in [2.24, 2.45) is 23.0 Å².